The molecular formula is C70H77Cl2F3N10O17S2. The Morgan fingerprint density at radius 3 is 1.99 bits per heavy atom. The Labute approximate surface area is 606 Å². The van der Waals surface area contributed by atoms with Crippen LogP contribution in [0, 0.1) is 32.0 Å². The van der Waals surface area contributed by atoms with Crippen molar-refractivity contribution in [3.8, 4) is 34.3 Å². The topological polar surface area (TPSA) is 352 Å². The number of oxime groups is 1. The number of aromatic hydroxyl groups is 1. The number of rotatable bonds is 19. The molecule has 2 aliphatic heterocycles. The summed E-state index contributed by atoms with van der Waals surface area (Å²) in [5, 5.41) is 31.5. The van der Waals surface area contributed by atoms with Crippen LogP contribution in [-0.4, -0.2) is 140 Å². The monoisotopic (exact) mass is 1520 g/mol. The van der Waals surface area contributed by atoms with Crippen molar-refractivity contribution in [2.24, 2.45) is 17.6 Å². The number of alkyl halides is 3. The molecule has 0 radical (unpaired) electrons. The number of benzene rings is 5. The summed E-state index contributed by atoms with van der Waals surface area (Å²) in [7, 11) is -4.68. The van der Waals surface area contributed by atoms with Gasteiger partial charge in [-0.25, -0.2) is 49.4 Å². The van der Waals surface area contributed by atoms with Crippen molar-refractivity contribution < 1.29 is 83.2 Å². The van der Waals surface area contributed by atoms with Crippen molar-refractivity contribution in [2.75, 3.05) is 33.2 Å². The number of amides is 2. The maximum absolute atomic E-state index is 14.1. The van der Waals surface area contributed by atoms with Crippen LogP contribution in [0.4, 0.5) is 13.2 Å². The number of para-hydroxylation sites is 1. The maximum atomic E-state index is 14.1. The molecule has 5 heterocycles. The number of sulfone groups is 1. The normalized spacial score (nSPS) is 13.8. The van der Waals surface area contributed by atoms with Crippen LogP contribution in [0.2, 0.25) is 5.02 Å². The van der Waals surface area contributed by atoms with Crippen LogP contribution in [-0.2, 0) is 78.4 Å². The van der Waals surface area contributed by atoms with Crippen LogP contribution in [0.3, 0.4) is 0 Å². The molecule has 3 aromatic heterocycles. The first kappa shape index (κ1) is 79.8. The number of fused-ring (bicyclic) bond motifs is 1. The van der Waals surface area contributed by atoms with E-state index < -0.39 is 72.1 Å². The van der Waals surface area contributed by atoms with Crippen molar-refractivity contribution in [1.29, 1.82) is 0 Å². The lowest BCUT2D eigenvalue weighted by Crippen LogP contribution is -2.31. The van der Waals surface area contributed by atoms with Gasteiger partial charge in [-0.15, -0.1) is 16.7 Å². The van der Waals surface area contributed by atoms with Gasteiger partial charge >= 0.3 is 24.2 Å². The second-order valence-electron chi connectivity index (χ2n) is 25.2. The molecule has 3 aliphatic rings. The van der Waals surface area contributed by atoms with Crippen LogP contribution in [0.15, 0.2) is 116 Å². The smallest absolute Gasteiger partial charge is 0.355 e. The van der Waals surface area contributed by atoms with E-state index in [0.717, 1.165) is 67.7 Å². The minimum absolute atomic E-state index is 0.0493. The zero-order valence-electron chi connectivity index (χ0n) is 58.5. The lowest BCUT2D eigenvalue weighted by molar-refractivity contribution is -0.143. The number of aliphatic carboxylic acids is 1. The largest absolute Gasteiger partial charge is 0.496 e. The van der Waals surface area contributed by atoms with Gasteiger partial charge in [0.1, 0.15) is 40.4 Å². The van der Waals surface area contributed by atoms with Gasteiger partial charge in [-0.1, -0.05) is 60.4 Å². The number of aromatic nitrogens is 7. The SMILES string of the molecule is CCc1cc(C)cc(CC)c1-c1c(OC(=O)C(C)(C)C)n2n(c1=O)CCOCC2.COc1ccccc1C(=O)NS(=O)(=O)c1ccc(C(=O)NC2CC2)cc1.Cc1c(C(=O)c2cnn(C)c2O)ccc(S(C)(=O)=O)c1C1=NOCC1.Cc1nn(-c2cc(CC(Cl)C(=O)O)c(Cl)cc2F)c(=O)n1C(F)F. The molecule has 0 bridgehead atoms. The van der Waals surface area contributed by atoms with Gasteiger partial charge in [-0.2, -0.15) is 18.6 Å². The Kier molecular flexibility index (Phi) is 25.5. The Balaban J connectivity index is 0.000000176. The third kappa shape index (κ3) is 18.4. The van der Waals surface area contributed by atoms with Gasteiger partial charge in [0.05, 0.1) is 66.1 Å². The highest BCUT2D eigenvalue weighted by atomic mass is 35.5. The lowest BCUT2D eigenvalue weighted by Gasteiger charge is -2.19. The molecule has 1 aliphatic carbocycles. The molecule has 1 unspecified atom stereocenters. The predicted molar refractivity (Wildman–Crippen MR) is 378 cm³/mol. The quantitative estimate of drug-likeness (QED) is 0.0332. The van der Waals surface area contributed by atoms with Crippen molar-refractivity contribution in [3.05, 3.63) is 184 Å². The van der Waals surface area contributed by atoms with E-state index in [1.165, 1.54) is 73.1 Å². The van der Waals surface area contributed by atoms with Crippen molar-refractivity contribution in [1.82, 2.24) is 43.5 Å². The number of hydrogen-bond donors (Lipinski definition) is 4. The van der Waals surface area contributed by atoms with E-state index in [4.69, 9.17) is 47.4 Å². The Bertz CT molecular complexity index is 4990. The minimum atomic E-state index is -4.07. The van der Waals surface area contributed by atoms with Crippen molar-refractivity contribution >= 4 is 78.3 Å². The van der Waals surface area contributed by atoms with Crippen molar-refractivity contribution in [2.45, 2.75) is 135 Å². The Morgan fingerprint density at radius 2 is 1.45 bits per heavy atom. The van der Waals surface area contributed by atoms with Gasteiger partial charge in [0.2, 0.25) is 11.8 Å². The summed E-state index contributed by atoms with van der Waals surface area (Å²) in [6.45, 7) is 13.6. The zero-order chi connectivity index (χ0) is 76.6. The molecule has 11 rings (SSSR count). The van der Waals surface area contributed by atoms with Crippen LogP contribution in [0.25, 0.3) is 16.8 Å². The standard InChI is InChI=1S/C23H32N2O4.C18H18N2O5S.C16H17N3O5S.C13H10Cl2F3N3O3/c1-7-16-13-15(3)14-17(8-2)18(16)19-20(26)24-9-11-28-12-10-25(24)21(19)29-22(27)23(4,5)6;1-25-16-5-3-2-4-15(16)18(22)20-26(23,24)14-10-6-12(7-11-14)17(21)19-13-8-9-13;1-9-10(15(20)11-8-17-19(2)16(11)21)4-5-13(25(3,22)23)14(9)12-6-7-24-18-12;1-5-19-21(13(24)20(5)12(17)18)10-3-6(2-8(15)11(22)23)7(14)4-9(10)16/h13-14H,7-12H2,1-6H3;2-7,10-11,13H,8-9H2,1H3,(H,19,21)(H,20,22);4-5,8,21H,6-7H2,1-3H3;3-4,8,12H,2H2,1H3,(H,22,23). The molecule has 0 saturated heterocycles. The van der Waals surface area contributed by atoms with E-state index in [9.17, 15) is 68.7 Å². The predicted octanol–water partition coefficient (Wildman–Crippen LogP) is 9.40. The number of esters is 1. The molecule has 2 amide bonds. The van der Waals surface area contributed by atoms with E-state index in [2.05, 4.69) is 53.6 Å². The fraction of sp³-hybridized carbons (Fsp3) is 0.371. The Hall–Kier alpha value is -9.89. The number of methoxy groups -OCH3 is 1. The van der Waals surface area contributed by atoms with Gasteiger partial charge in [0.25, 0.3) is 27.4 Å². The van der Waals surface area contributed by atoms with Crippen LogP contribution in [0.5, 0.6) is 17.5 Å². The lowest BCUT2D eigenvalue weighted by atomic mass is 9.91. The number of hydrogen-bond acceptors (Lipinski definition) is 19. The average molecular weight is 1520 g/mol. The number of nitrogens with zero attached hydrogens (tertiary/aromatic N) is 8. The molecule has 1 atom stereocenters. The van der Waals surface area contributed by atoms with Crippen LogP contribution < -0.4 is 30.8 Å². The van der Waals surface area contributed by atoms with E-state index in [1.54, 1.807) is 34.5 Å². The van der Waals surface area contributed by atoms with E-state index in [1.807, 2.05) is 25.5 Å². The minimum Gasteiger partial charge on any atom is -0.496 e. The van der Waals surface area contributed by atoms with Gasteiger partial charge in [0.15, 0.2) is 21.4 Å². The molecule has 27 nitrogen and oxygen atoms in total. The highest BCUT2D eigenvalue weighted by molar-refractivity contribution is 7.91. The number of carbonyl (C=O) groups excluding carboxylic acids is 4. The summed E-state index contributed by atoms with van der Waals surface area (Å²) in [6, 6.07) is 20.9. The molecule has 5 aromatic carbocycles. The highest BCUT2D eigenvalue weighted by Gasteiger charge is 2.34. The summed E-state index contributed by atoms with van der Waals surface area (Å²) < 4.78 is 113. The number of ether oxygens (including phenoxy) is 3. The molecule has 4 N–H and O–H groups in total. The highest BCUT2D eigenvalue weighted by Crippen LogP contribution is 2.37. The van der Waals surface area contributed by atoms with E-state index >= 15 is 0 Å². The van der Waals surface area contributed by atoms with E-state index in [0.29, 0.717) is 77.9 Å². The third-order valence-corrected chi connectivity index (χ3v) is 19.7. The molecule has 1 saturated carbocycles. The number of aryl methyl sites for hydroxylation is 5. The summed E-state index contributed by atoms with van der Waals surface area (Å²) in [6.07, 6.45) is 6.11. The number of carboxylic acids is 1. The third-order valence-electron chi connectivity index (χ3n) is 16.6. The van der Waals surface area contributed by atoms with Gasteiger partial charge in [-0.3, -0.25) is 28.8 Å². The fourth-order valence-corrected chi connectivity index (χ4v) is 13.3. The number of carboxylic acid groups (broad SMARTS) is 1. The van der Waals surface area contributed by atoms with Gasteiger partial charge in [0, 0.05) is 53.9 Å². The molecule has 34 heteroatoms. The van der Waals surface area contributed by atoms with E-state index in [-0.39, 0.29) is 89.0 Å². The number of carbonyl (C=O) groups is 5. The first-order valence-electron chi connectivity index (χ1n) is 32.4. The number of ketones is 1. The fourth-order valence-electron chi connectivity index (χ4n) is 11.0. The van der Waals surface area contributed by atoms with Gasteiger partial charge in [-0.05, 0) is 156 Å². The molecular weight excluding hydrogens is 1440 g/mol. The maximum Gasteiger partial charge on any atom is 0.355 e. The first-order chi connectivity index (χ1) is 48.9. The second-order valence-corrected chi connectivity index (χ2v) is 29.8. The summed E-state index contributed by atoms with van der Waals surface area (Å²) in [5.41, 5.74) is 4.59. The summed E-state index contributed by atoms with van der Waals surface area (Å²) in [5.74, 6) is -4.07. The Morgan fingerprint density at radius 1 is 0.817 bits per heavy atom. The number of sulfonamides is 1. The second kappa shape index (κ2) is 33.3. The number of halogens is 5. The first-order valence-corrected chi connectivity index (χ1v) is 36.6. The summed E-state index contributed by atoms with van der Waals surface area (Å²) >= 11 is 11.5. The average Bonchev–Trinajstić information content (AvgIpc) is 1.58. The van der Waals surface area contributed by atoms with Crippen molar-refractivity contribution in [3.63, 3.8) is 0 Å². The molecule has 556 valence electrons. The number of nitrogens with one attached hydrogen (secondary N) is 2. The molecule has 0 spiro atoms. The van der Waals surface area contributed by atoms with Crippen LogP contribution >= 0.6 is 23.2 Å². The molecule has 8 aromatic rings. The van der Waals surface area contributed by atoms with Crippen LogP contribution in [0.1, 0.15) is 136 Å². The molecule has 1 fully saturated rings. The summed E-state index contributed by atoms with van der Waals surface area (Å²) in [4.78, 5) is 91.1. The molecule has 104 heavy (non-hydrogen) atoms. The zero-order valence-corrected chi connectivity index (χ0v) is 61.6. The van der Waals surface area contributed by atoms with Gasteiger partial charge < -0.3 is 34.6 Å².